The molecule has 0 aliphatic rings. The van der Waals surface area contributed by atoms with Crippen LogP contribution in [0.2, 0.25) is 0 Å². The van der Waals surface area contributed by atoms with Crippen molar-refractivity contribution >= 4 is 0 Å². The standard InChI is InChI=1S/C14H22F2N2O2/c1-17-7-4-8-18(2)10-11-5-6-12(19-3)13(9-11)20-14(15)16/h5-6,9,14,17H,4,7-8,10H2,1-3H3. The molecule has 20 heavy (non-hydrogen) atoms. The third-order valence-corrected chi connectivity index (χ3v) is 2.86. The van der Waals surface area contributed by atoms with Crippen LogP contribution >= 0.6 is 0 Å². The summed E-state index contributed by atoms with van der Waals surface area (Å²) in [5, 5.41) is 3.09. The summed E-state index contributed by atoms with van der Waals surface area (Å²) in [4.78, 5) is 2.13. The zero-order chi connectivity index (χ0) is 15.0. The summed E-state index contributed by atoms with van der Waals surface area (Å²) in [5.74, 6) is 0.385. The largest absolute Gasteiger partial charge is 0.493 e. The van der Waals surface area contributed by atoms with E-state index in [0.29, 0.717) is 12.3 Å². The number of nitrogens with zero attached hydrogens (tertiary/aromatic N) is 1. The van der Waals surface area contributed by atoms with Crippen LogP contribution in [0, 0.1) is 0 Å². The Morgan fingerprint density at radius 1 is 1.30 bits per heavy atom. The van der Waals surface area contributed by atoms with Crippen LogP contribution in [-0.2, 0) is 6.54 Å². The van der Waals surface area contributed by atoms with E-state index in [1.54, 1.807) is 12.1 Å². The second-order valence-electron chi connectivity index (χ2n) is 4.56. The molecule has 1 rings (SSSR count). The second-order valence-corrected chi connectivity index (χ2v) is 4.56. The van der Waals surface area contributed by atoms with Crippen molar-refractivity contribution in [3.05, 3.63) is 23.8 Å². The minimum Gasteiger partial charge on any atom is -0.493 e. The second kappa shape index (κ2) is 8.71. The van der Waals surface area contributed by atoms with Gasteiger partial charge in [-0.2, -0.15) is 8.78 Å². The van der Waals surface area contributed by atoms with Crippen LogP contribution in [0.4, 0.5) is 8.78 Å². The van der Waals surface area contributed by atoms with E-state index >= 15 is 0 Å². The van der Waals surface area contributed by atoms with Gasteiger partial charge in [-0.25, -0.2) is 0 Å². The minimum atomic E-state index is -2.85. The summed E-state index contributed by atoms with van der Waals surface area (Å²) in [7, 11) is 5.34. The molecule has 1 aromatic carbocycles. The third-order valence-electron chi connectivity index (χ3n) is 2.86. The molecule has 0 bridgehead atoms. The van der Waals surface area contributed by atoms with Gasteiger partial charge in [0.05, 0.1) is 7.11 Å². The Hall–Kier alpha value is -1.40. The van der Waals surface area contributed by atoms with Gasteiger partial charge in [-0.05, 0) is 51.3 Å². The van der Waals surface area contributed by atoms with E-state index in [4.69, 9.17) is 4.74 Å². The topological polar surface area (TPSA) is 33.7 Å². The van der Waals surface area contributed by atoms with Gasteiger partial charge in [0.15, 0.2) is 11.5 Å². The maximum atomic E-state index is 12.3. The molecule has 0 amide bonds. The highest BCUT2D eigenvalue weighted by molar-refractivity contribution is 5.42. The third kappa shape index (κ3) is 5.71. The van der Waals surface area contributed by atoms with Crippen molar-refractivity contribution in [3.8, 4) is 11.5 Å². The van der Waals surface area contributed by atoms with E-state index in [0.717, 1.165) is 25.1 Å². The molecular weight excluding hydrogens is 266 g/mol. The van der Waals surface area contributed by atoms with Gasteiger partial charge in [0.1, 0.15) is 0 Å². The Morgan fingerprint density at radius 2 is 2.05 bits per heavy atom. The fraction of sp³-hybridized carbons (Fsp3) is 0.571. The van der Waals surface area contributed by atoms with Gasteiger partial charge >= 0.3 is 6.61 Å². The monoisotopic (exact) mass is 288 g/mol. The average molecular weight is 288 g/mol. The quantitative estimate of drug-likeness (QED) is 0.707. The minimum absolute atomic E-state index is 0.0728. The molecule has 0 aromatic heterocycles. The summed E-state index contributed by atoms with van der Waals surface area (Å²) < 4.78 is 34.2. The maximum Gasteiger partial charge on any atom is 0.387 e. The molecule has 0 atom stereocenters. The lowest BCUT2D eigenvalue weighted by Gasteiger charge is -2.18. The number of halogens is 2. The highest BCUT2D eigenvalue weighted by Crippen LogP contribution is 2.29. The molecule has 0 fully saturated rings. The number of hydrogen-bond acceptors (Lipinski definition) is 4. The lowest BCUT2D eigenvalue weighted by molar-refractivity contribution is -0.0512. The predicted molar refractivity (Wildman–Crippen MR) is 74.5 cm³/mol. The number of hydrogen-bond donors (Lipinski definition) is 1. The Kier molecular flexibility index (Phi) is 7.25. The normalized spacial score (nSPS) is 11.2. The lowest BCUT2D eigenvalue weighted by atomic mass is 10.2. The number of alkyl halides is 2. The van der Waals surface area contributed by atoms with Crippen LogP contribution in [0.15, 0.2) is 18.2 Å². The molecule has 1 N–H and O–H groups in total. The Morgan fingerprint density at radius 3 is 2.65 bits per heavy atom. The Labute approximate surface area is 118 Å². The van der Waals surface area contributed by atoms with E-state index in [1.165, 1.54) is 7.11 Å². The Balaban J connectivity index is 2.66. The van der Waals surface area contributed by atoms with E-state index in [2.05, 4.69) is 15.0 Å². The number of nitrogens with one attached hydrogen (secondary N) is 1. The molecule has 0 saturated carbocycles. The molecule has 0 aliphatic carbocycles. The molecule has 6 heteroatoms. The van der Waals surface area contributed by atoms with Crippen LogP contribution < -0.4 is 14.8 Å². The van der Waals surface area contributed by atoms with Gasteiger partial charge in [0, 0.05) is 6.54 Å². The van der Waals surface area contributed by atoms with Gasteiger partial charge in [-0.15, -0.1) is 0 Å². The molecule has 0 spiro atoms. The van der Waals surface area contributed by atoms with Crippen LogP contribution in [-0.4, -0.2) is 45.8 Å². The van der Waals surface area contributed by atoms with Crippen molar-refractivity contribution in [3.63, 3.8) is 0 Å². The van der Waals surface area contributed by atoms with Gasteiger partial charge in [0.2, 0.25) is 0 Å². The highest BCUT2D eigenvalue weighted by Gasteiger charge is 2.12. The smallest absolute Gasteiger partial charge is 0.387 e. The molecule has 1 aromatic rings. The molecule has 0 radical (unpaired) electrons. The van der Waals surface area contributed by atoms with Crippen molar-refractivity contribution in [2.45, 2.75) is 19.6 Å². The molecule has 4 nitrogen and oxygen atoms in total. The molecule has 0 aliphatic heterocycles. The van der Waals surface area contributed by atoms with E-state index in [-0.39, 0.29) is 5.75 Å². The average Bonchev–Trinajstić information content (AvgIpc) is 2.38. The van der Waals surface area contributed by atoms with Crippen molar-refractivity contribution in [1.29, 1.82) is 0 Å². The molecule has 0 heterocycles. The van der Waals surface area contributed by atoms with Crippen molar-refractivity contribution in [1.82, 2.24) is 10.2 Å². The van der Waals surface area contributed by atoms with E-state index < -0.39 is 6.61 Å². The SMILES string of the molecule is CNCCCN(C)Cc1ccc(OC)c(OC(F)F)c1. The van der Waals surface area contributed by atoms with Gasteiger partial charge < -0.3 is 19.7 Å². The van der Waals surface area contributed by atoms with Gasteiger partial charge in [-0.3, -0.25) is 0 Å². The van der Waals surface area contributed by atoms with Crippen molar-refractivity contribution in [2.75, 3.05) is 34.3 Å². The fourth-order valence-corrected chi connectivity index (χ4v) is 1.92. The molecule has 114 valence electrons. The van der Waals surface area contributed by atoms with E-state index in [1.807, 2.05) is 20.2 Å². The van der Waals surface area contributed by atoms with Crippen molar-refractivity contribution in [2.24, 2.45) is 0 Å². The van der Waals surface area contributed by atoms with Gasteiger partial charge in [-0.1, -0.05) is 6.07 Å². The summed E-state index contributed by atoms with van der Waals surface area (Å²) in [6.07, 6.45) is 1.03. The lowest BCUT2D eigenvalue weighted by Crippen LogP contribution is -2.22. The predicted octanol–water partition coefficient (Wildman–Crippen LogP) is 2.34. The molecule has 0 unspecified atom stereocenters. The van der Waals surface area contributed by atoms with Gasteiger partial charge in [0.25, 0.3) is 0 Å². The summed E-state index contributed by atoms with van der Waals surface area (Å²) >= 11 is 0. The summed E-state index contributed by atoms with van der Waals surface area (Å²) in [5.41, 5.74) is 0.911. The highest BCUT2D eigenvalue weighted by atomic mass is 19.3. The van der Waals surface area contributed by atoms with Crippen LogP contribution in [0.5, 0.6) is 11.5 Å². The molecular formula is C14H22F2N2O2. The first-order chi connectivity index (χ1) is 9.56. The Bertz CT molecular complexity index is 403. The zero-order valence-corrected chi connectivity index (χ0v) is 12.2. The number of ether oxygens (including phenoxy) is 2. The van der Waals surface area contributed by atoms with Crippen LogP contribution in [0.25, 0.3) is 0 Å². The first kappa shape index (κ1) is 16.7. The first-order valence-corrected chi connectivity index (χ1v) is 6.51. The molecule has 0 saturated heterocycles. The number of rotatable bonds is 9. The van der Waals surface area contributed by atoms with Crippen LogP contribution in [0.1, 0.15) is 12.0 Å². The maximum absolute atomic E-state index is 12.3. The van der Waals surface area contributed by atoms with Crippen molar-refractivity contribution < 1.29 is 18.3 Å². The number of methoxy groups -OCH3 is 1. The zero-order valence-electron chi connectivity index (χ0n) is 12.2. The fourth-order valence-electron chi connectivity index (χ4n) is 1.92. The van der Waals surface area contributed by atoms with Crippen LogP contribution in [0.3, 0.4) is 0 Å². The van der Waals surface area contributed by atoms with E-state index in [9.17, 15) is 8.78 Å². The summed E-state index contributed by atoms with van der Waals surface area (Å²) in [6, 6.07) is 5.10. The first-order valence-electron chi connectivity index (χ1n) is 6.51. The summed E-state index contributed by atoms with van der Waals surface area (Å²) in [6.45, 7) is -0.301. The number of benzene rings is 1.